The molecule has 2 heterocycles. The quantitative estimate of drug-likeness (QED) is 0.747. The van der Waals surface area contributed by atoms with E-state index >= 15 is 0 Å². The number of carbonyl (C=O) groups excluding carboxylic acids is 2. The van der Waals surface area contributed by atoms with Gasteiger partial charge >= 0.3 is 0 Å². The minimum Gasteiger partial charge on any atom is -0.467 e. The minimum absolute atomic E-state index is 0.0261. The van der Waals surface area contributed by atoms with Gasteiger partial charge in [-0.1, -0.05) is 6.07 Å². The van der Waals surface area contributed by atoms with Gasteiger partial charge in [0.05, 0.1) is 19.4 Å². The molecule has 0 saturated carbocycles. The van der Waals surface area contributed by atoms with Crippen molar-refractivity contribution >= 4 is 11.8 Å². The molecule has 2 amide bonds. The van der Waals surface area contributed by atoms with E-state index in [1.807, 2.05) is 38.1 Å². The fourth-order valence-corrected chi connectivity index (χ4v) is 2.99. The van der Waals surface area contributed by atoms with Crippen LogP contribution >= 0.6 is 0 Å². The zero-order valence-electron chi connectivity index (χ0n) is 15.8. The Hall–Kier alpha value is -2.96. The molecule has 144 valence electrons. The zero-order chi connectivity index (χ0) is 19.4. The maximum absolute atomic E-state index is 13.0. The van der Waals surface area contributed by atoms with E-state index in [4.69, 9.17) is 13.9 Å². The SMILES string of the molecule is CC(=O)N(CC(=O)N(Cc1ccc2c(c1)OCO2)Cc1ccco1)C(C)C. The molecule has 2 aromatic rings. The van der Waals surface area contributed by atoms with Crippen LogP contribution in [0, 0.1) is 0 Å². The number of rotatable bonds is 7. The number of ether oxygens (including phenoxy) is 2. The van der Waals surface area contributed by atoms with Gasteiger partial charge in [-0.25, -0.2) is 0 Å². The highest BCUT2D eigenvalue weighted by Crippen LogP contribution is 2.33. The molecule has 0 unspecified atom stereocenters. The van der Waals surface area contributed by atoms with Gasteiger partial charge in [-0.2, -0.15) is 0 Å². The number of benzene rings is 1. The monoisotopic (exact) mass is 372 g/mol. The standard InChI is InChI=1S/C20H24N2O5/c1-14(2)22(15(3)23)12-20(24)21(11-17-5-4-8-25-17)10-16-6-7-18-19(9-16)27-13-26-18/h4-9,14H,10-13H2,1-3H3. The van der Waals surface area contributed by atoms with Crippen molar-refractivity contribution in [1.82, 2.24) is 9.80 Å². The third kappa shape index (κ3) is 4.61. The van der Waals surface area contributed by atoms with Gasteiger partial charge in [0.15, 0.2) is 11.5 Å². The Bertz CT molecular complexity index is 801. The van der Waals surface area contributed by atoms with Crippen LogP contribution in [-0.2, 0) is 22.7 Å². The smallest absolute Gasteiger partial charge is 0.242 e. The van der Waals surface area contributed by atoms with Gasteiger partial charge in [-0.05, 0) is 43.7 Å². The first kappa shape index (κ1) is 18.8. The maximum Gasteiger partial charge on any atom is 0.242 e. The summed E-state index contributed by atoms with van der Waals surface area (Å²) in [4.78, 5) is 28.0. The summed E-state index contributed by atoms with van der Waals surface area (Å²) in [6.07, 6.45) is 1.58. The second-order valence-corrected chi connectivity index (χ2v) is 6.76. The molecule has 0 aliphatic carbocycles. The van der Waals surface area contributed by atoms with Crippen molar-refractivity contribution in [2.24, 2.45) is 0 Å². The van der Waals surface area contributed by atoms with Gasteiger partial charge in [0.1, 0.15) is 5.76 Å². The highest BCUT2D eigenvalue weighted by molar-refractivity contribution is 5.84. The Kier molecular flexibility index (Phi) is 5.69. The molecule has 1 aliphatic rings. The third-order valence-electron chi connectivity index (χ3n) is 4.42. The second kappa shape index (κ2) is 8.16. The molecule has 1 aromatic heterocycles. The molecule has 0 radical (unpaired) electrons. The zero-order valence-corrected chi connectivity index (χ0v) is 15.8. The number of hydrogen-bond acceptors (Lipinski definition) is 5. The van der Waals surface area contributed by atoms with E-state index in [0.717, 1.165) is 5.56 Å². The summed E-state index contributed by atoms with van der Waals surface area (Å²) >= 11 is 0. The molecule has 0 spiro atoms. The van der Waals surface area contributed by atoms with Crippen molar-refractivity contribution in [1.29, 1.82) is 0 Å². The third-order valence-corrected chi connectivity index (χ3v) is 4.42. The van der Waals surface area contributed by atoms with Crippen LogP contribution < -0.4 is 9.47 Å². The Morgan fingerprint density at radius 3 is 2.56 bits per heavy atom. The molecule has 1 aliphatic heterocycles. The molecule has 7 heteroatoms. The van der Waals surface area contributed by atoms with Gasteiger partial charge in [0, 0.05) is 19.5 Å². The Balaban J connectivity index is 1.77. The summed E-state index contributed by atoms with van der Waals surface area (Å²) in [6.45, 7) is 6.19. The summed E-state index contributed by atoms with van der Waals surface area (Å²) in [5.41, 5.74) is 0.915. The van der Waals surface area contributed by atoms with E-state index in [2.05, 4.69) is 0 Å². The summed E-state index contributed by atoms with van der Waals surface area (Å²) in [5.74, 6) is 1.78. The summed E-state index contributed by atoms with van der Waals surface area (Å²) in [7, 11) is 0. The first-order valence-corrected chi connectivity index (χ1v) is 8.90. The lowest BCUT2D eigenvalue weighted by Crippen LogP contribution is -2.44. The molecule has 0 saturated heterocycles. The highest BCUT2D eigenvalue weighted by Gasteiger charge is 2.23. The van der Waals surface area contributed by atoms with Crippen molar-refractivity contribution in [3.8, 4) is 11.5 Å². The van der Waals surface area contributed by atoms with Crippen molar-refractivity contribution in [2.75, 3.05) is 13.3 Å². The fourth-order valence-electron chi connectivity index (χ4n) is 2.99. The lowest BCUT2D eigenvalue weighted by Gasteiger charge is -2.29. The lowest BCUT2D eigenvalue weighted by molar-refractivity contribution is -0.141. The molecule has 0 atom stereocenters. The maximum atomic E-state index is 13.0. The topological polar surface area (TPSA) is 72.2 Å². The second-order valence-electron chi connectivity index (χ2n) is 6.76. The molecule has 0 fully saturated rings. The number of furan rings is 1. The predicted molar refractivity (Wildman–Crippen MR) is 98.1 cm³/mol. The average molecular weight is 372 g/mol. The van der Waals surface area contributed by atoms with Crippen molar-refractivity contribution in [2.45, 2.75) is 39.9 Å². The van der Waals surface area contributed by atoms with E-state index < -0.39 is 0 Å². The molecular weight excluding hydrogens is 348 g/mol. The van der Waals surface area contributed by atoms with E-state index in [1.54, 1.807) is 22.1 Å². The number of fused-ring (bicyclic) bond motifs is 1. The van der Waals surface area contributed by atoms with Gasteiger partial charge in [0.25, 0.3) is 0 Å². The Morgan fingerprint density at radius 1 is 1.11 bits per heavy atom. The van der Waals surface area contributed by atoms with Crippen LogP contribution in [0.25, 0.3) is 0 Å². The molecular formula is C20H24N2O5. The first-order chi connectivity index (χ1) is 12.9. The molecule has 3 rings (SSSR count). The molecule has 0 N–H and O–H groups in total. The number of nitrogens with zero attached hydrogens (tertiary/aromatic N) is 2. The summed E-state index contributed by atoms with van der Waals surface area (Å²) in [5, 5.41) is 0. The largest absolute Gasteiger partial charge is 0.467 e. The normalized spacial score (nSPS) is 12.3. The Labute approximate surface area is 158 Å². The highest BCUT2D eigenvalue weighted by atomic mass is 16.7. The van der Waals surface area contributed by atoms with Crippen LogP contribution in [0.15, 0.2) is 41.0 Å². The van der Waals surface area contributed by atoms with E-state index in [-0.39, 0.29) is 31.2 Å². The van der Waals surface area contributed by atoms with Crippen LogP contribution in [-0.4, -0.2) is 41.0 Å². The van der Waals surface area contributed by atoms with Crippen molar-refractivity contribution < 1.29 is 23.5 Å². The summed E-state index contributed by atoms with van der Waals surface area (Å²) in [6, 6.07) is 9.17. The van der Waals surface area contributed by atoms with Crippen LogP contribution in [0.1, 0.15) is 32.1 Å². The molecule has 1 aromatic carbocycles. The number of amides is 2. The summed E-state index contributed by atoms with van der Waals surface area (Å²) < 4.78 is 16.2. The molecule has 0 bridgehead atoms. The van der Waals surface area contributed by atoms with Crippen molar-refractivity contribution in [3.63, 3.8) is 0 Å². The van der Waals surface area contributed by atoms with E-state index in [9.17, 15) is 9.59 Å². The molecule has 7 nitrogen and oxygen atoms in total. The van der Waals surface area contributed by atoms with Crippen molar-refractivity contribution in [3.05, 3.63) is 47.9 Å². The van der Waals surface area contributed by atoms with Crippen LogP contribution in [0.2, 0.25) is 0 Å². The van der Waals surface area contributed by atoms with Crippen LogP contribution in [0.3, 0.4) is 0 Å². The average Bonchev–Trinajstić information content (AvgIpc) is 3.29. The van der Waals surface area contributed by atoms with Crippen LogP contribution in [0.5, 0.6) is 11.5 Å². The van der Waals surface area contributed by atoms with Gasteiger partial charge in [-0.15, -0.1) is 0 Å². The first-order valence-electron chi connectivity index (χ1n) is 8.90. The lowest BCUT2D eigenvalue weighted by atomic mass is 10.1. The van der Waals surface area contributed by atoms with Gasteiger partial charge in [-0.3, -0.25) is 9.59 Å². The van der Waals surface area contributed by atoms with Gasteiger partial charge in [0.2, 0.25) is 18.6 Å². The van der Waals surface area contributed by atoms with Crippen LogP contribution in [0.4, 0.5) is 0 Å². The molecule has 27 heavy (non-hydrogen) atoms. The fraction of sp³-hybridized carbons (Fsp3) is 0.400. The number of hydrogen-bond donors (Lipinski definition) is 0. The predicted octanol–water partition coefficient (Wildman–Crippen LogP) is 2.79. The van der Waals surface area contributed by atoms with E-state index in [0.29, 0.717) is 30.3 Å². The Morgan fingerprint density at radius 2 is 1.89 bits per heavy atom. The number of carbonyl (C=O) groups is 2. The minimum atomic E-state index is -0.145. The van der Waals surface area contributed by atoms with Gasteiger partial charge < -0.3 is 23.7 Å². The van der Waals surface area contributed by atoms with E-state index in [1.165, 1.54) is 6.92 Å².